The van der Waals surface area contributed by atoms with E-state index in [0.717, 1.165) is 5.69 Å². The molecule has 0 radical (unpaired) electrons. The van der Waals surface area contributed by atoms with Crippen molar-refractivity contribution in [2.75, 3.05) is 13.1 Å². The van der Waals surface area contributed by atoms with Crippen LogP contribution in [0.4, 0.5) is 4.79 Å². The second-order valence-corrected chi connectivity index (χ2v) is 8.98. The number of carbonyl (C=O) groups is 2. The molecule has 0 bridgehead atoms. The molecule has 1 aliphatic rings. The summed E-state index contributed by atoms with van der Waals surface area (Å²) in [6.45, 7) is 11.8. The van der Waals surface area contributed by atoms with Crippen LogP contribution in [0.3, 0.4) is 0 Å². The van der Waals surface area contributed by atoms with Gasteiger partial charge in [-0.25, -0.2) is 14.1 Å². The Labute approximate surface area is 175 Å². The lowest BCUT2D eigenvalue weighted by atomic mass is 9.93. The number of aryl methyl sites for hydroxylation is 1. The van der Waals surface area contributed by atoms with Crippen molar-refractivity contribution >= 4 is 17.7 Å². The molecule has 1 N–H and O–H groups in total. The van der Waals surface area contributed by atoms with E-state index in [9.17, 15) is 14.4 Å². The number of amides is 1. The average molecular weight is 418 g/mol. The highest BCUT2D eigenvalue weighted by Gasteiger charge is 2.30. The number of carbonyl (C=O) groups excluding carboxylic acids is 2. The number of hydrogen-bond donors (Lipinski definition) is 1. The van der Waals surface area contributed by atoms with Gasteiger partial charge in [-0.1, -0.05) is 0 Å². The summed E-state index contributed by atoms with van der Waals surface area (Å²) < 4.78 is 12.4. The number of piperidine rings is 1. The van der Waals surface area contributed by atoms with Crippen LogP contribution >= 0.6 is 0 Å². The SMILES string of the molecule is Cc1nn2c(C3CCN(C(=O)OC(C)(C)C)CC3)cc(=O)[nH]c2c1C(=O)OC(C)C. The Balaban J connectivity index is 1.87. The number of ether oxygens (including phenoxy) is 2. The first-order valence-electron chi connectivity index (χ1n) is 10.3. The lowest BCUT2D eigenvalue weighted by molar-refractivity contribution is 0.0203. The van der Waals surface area contributed by atoms with E-state index in [-0.39, 0.29) is 29.2 Å². The molecule has 1 amide bonds. The zero-order valence-corrected chi connectivity index (χ0v) is 18.4. The van der Waals surface area contributed by atoms with E-state index in [1.807, 2.05) is 20.8 Å². The van der Waals surface area contributed by atoms with Crippen molar-refractivity contribution in [3.8, 4) is 0 Å². The fraction of sp³-hybridized carbons (Fsp3) is 0.619. The van der Waals surface area contributed by atoms with Crippen molar-refractivity contribution in [2.24, 2.45) is 0 Å². The molecular formula is C21H30N4O5. The van der Waals surface area contributed by atoms with Crippen LogP contribution in [-0.2, 0) is 9.47 Å². The monoisotopic (exact) mass is 418 g/mol. The number of fused-ring (bicyclic) bond motifs is 1. The van der Waals surface area contributed by atoms with Gasteiger partial charge in [-0.2, -0.15) is 5.10 Å². The van der Waals surface area contributed by atoms with Gasteiger partial charge in [-0.3, -0.25) is 4.79 Å². The molecule has 9 nitrogen and oxygen atoms in total. The number of esters is 1. The molecule has 3 rings (SSSR count). The third-order valence-corrected chi connectivity index (χ3v) is 4.94. The number of likely N-dealkylation sites (tertiary alicyclic amines) is 1. The van der Waals surface area contributed by atoms with E-state index in [4.69, 9.17) is 9.47 Å². The summed E-state index contributed by atoms with van der Waals surface area (Å²) in [5.74, 6) is -0.480. The van der Waals surface area contributed by atoms with Gasteiger partial charge in [0.25, 0.3) is 5.56 Å². The van der Waals surface area contributed by atoms with Crippen molar-refractivity contribution in [1.29, 1.82) is 0 Å². The Kier molecular flexibility index (Phi) is 5.92. The Morgan fingerprint density at radius 3 is 2.43 bits per heavy atom. The standard InChI is InChI=1S/C21H30N4O5/c1-12(2)29-19(27)17-13(3)23-25-15(11-16(26)22-18(17)25)14-7-9-24(10-8-14)20(28)30-21(4,5)6/h11-12,14H,7-10H2,1-6H3,(H,22,26). The van der Waals surface area contributed by atoms with E-state index in [2.05, 4.69) is 10.1 Å². The fourth-order valence-electron chi connectivity index (χ4n) is 3.67. The molecule has 0 saturated carbocycles. The predicted octanol–water partition coefficient (Wildman–Crippen LogP) is 3.01. The number of aromatic nitrogens is 3. The zero-order valence-electron chi connectivity index (χ0n) is 18.4. The normalized spacial score (nSPS) is 15.6. The second kappa shape index (κ2) is 8.12. The topological polar surface area (TPSA) is 106 Å². The van der Waals surface area contributed by atoms with Crippen LogP contribution < -0.4 is 5.56 Å². The van der Waals surface area contributed by atoms with Crippen LogP contribution in [0.2, 0.25) is 0 Å². The minimum atomic E-state index is -0.541. The summed E-state index contributed by atoms with van der Waals surface area (Å²) in [7, 11) is 0. The maximum absolute atomic E-state index is 12.5. The van der Waals surface area contributed by atoms with Crippen LogP contribution in [0, 0.1) is 6.92 Å². The molecule has 0 spiro atoms. The van der Waals surface area contributed by atoms with Gasteiger partial charge in [0.1, 0.15) is 11.2 Å². The molecule has 1 aliphatic heterocycles. The van der Waals surface area contributed by atoms with E-state index >= 15 is 0 Å². The molecule has 0 aromatic carbocycles. The number of nitrogens with zero attached hydrogens (tertiary/aromatic N) is 3. The first kappa shape index (κ1) is 21.9. The maximum Gasteiger partial charge on any atom is 0.410 e. The van der Waals surface area contributed by atoms with Crippen LogP contribution in [0.1, 0.15) is 75.1 Å². The summed E-state index contributed by atoms with van der Waals surface area (Å²) in [6, 6.07) is 1.52. The van der Waals surface area contributed by atoms with Gasteiger partial charge in [0.15, 0.2) is 5.65 Å². The van der Waals surface area contributed by atoms with Crippen LogP contribution in [0.5, 0.6) is 0 Å². The number of aromatic amines is 1. The van der Waals surface area contributed by atoms with Crippen LogP contribution in [0.25, 0.3) is 5.65 Å². The average Bonchev–Trinajstić information content (AvgIpc) is 2.95. The summed E-state index contributed by atoms with van der Waals surface area (Å²) in [5.41, 5.74) is 0.995. The zero-order chi connectivity index (χ0) is 22.2. The van der Waals surface area contributed by atoms with Gasteiger partial charge in [0.2, 0.25) is 0 Å². The lowest BCUT2D eigenvalue weighted by Crippen LogP contribution is -2.41. The van der Waals surface area contributed by atoms with Gasteiger partial charge in [-0.15, -0.1) is 0 Å². The summed E-state index contributed by atoms with van der Waals surface area (Å²) in [6.07, 6.45) is 0.731. The summed E-state index contributed by atoms with van der Waals surface area (Å²) in [4.78, 5) is 41.6. The summed E-state index contributed by atoms with van der Waals surface area (Å²) >= 11 is 0. The molecule has 9 heteroatoms. The predicted molar refractivity (Wildman–Crippen MR) is 111 cm³/mol. The Hall–Kier alpha value is -2.84. The van der Waals surface area contributed by atoms with E-state index in [0.29, 0.717) is 37.3 Å². The Morgan fingerprint density at radius 1 is 1.23 bits per heavy atom. The van der Waals surface area contributed by atoms with Crippen LogP contribution in [-0.4, -0.2) is 56.4 Å². The van der Waals surface area contributed by atoms with E-state index < -0.39 is 11.6 Å². The largest absolute Gasteiger partial charge is 0.459 e. The van der Waals surface area contributed by atoms with Gasteiger partial charge in [0, 0.05) is 25.1 Å². The second-order valence-electron chi connectivity index (χ2n) is 8.98. The van der Waals surface area contributed by atoms with Crippen molar-refractivity contribution in [3.05, 3.63) is 33.4 Å². The highest BCUT2D eigenvalue weighted by atomic mass is 16.6. The maximum atomic E-state index is 12.5. The molecule has 2 aromatic rings. The molecule has 164 valence electrons. The fourth-order valence-corrected chi connectivity index (χ4v) is 3.67. The summed E-state index contributed by atoms with van der Waals surface area (Å²) in [5, 5.41) is 4.50. The molecule has 1 saturated heterocycles. The molecule has 0 atom stereocenters. The number of rotatable bonds is 3. The third kappa shape index (κ3) is 4.66. The highest BCUT2D eigenvalue weighted by Crippen LogP contribution is 2.29. The van der Waals surface area contributed by atoms with Crippen molar-refractivity contribution in [3.63, 3.8) is 0 Å². The molecule has 3 heterocycles. The van der Waals surface area contributed by atoms with Crippen molar-refractivity contribution in [1.82, 2.24) is 19.5 Å². The Morgan fingerprint density at radius 2 is 1.87 bits per heavy atom. The molecule has 0 unspecified atom stereocenters. The number of nitrogens with one attached hydrogen (secondary N) is 1. The lowest BCUT2D eigenvalue weighted by Gasteiger charge is -2.33. The van der Waals surface area contributed by atoms with Crippen LogP contribution in [0.15, 0.2) is 10.9 Å². The smallest absolute Gasteiger partial charge is 0.410 e. The third-order valence-electron chi connectivity index (χ3n) is 4.94. The highest BCUT2D eigenvalue weighted by molar-refractivity contribution is 5.97. The van der Waals surface area contributed by atoms with Gasteiger partial charge in [-0.05, 0) is 54.4 Å². The van der Waals surface area contributed by atoms with Crippen molar-refractivity contribution < 1.29 is 19.1 Å². The van der Waals surface area contributed by atoms with Gasteiger partial charge in [0.05, 0.1) is 17.5 Å². The number of H-pyrrole nitrogens is 1. The van der Waals surface area contributed by atoms with E-state index in [1.165, 1.54) is 6.07 Å². The van der Waals surface area contributed by atoms with Gasteiger partial charge >= 0.3 is 12.1 Å². The minimum Gasteiger partial charge on any atom is -0.459 e. The Bertz CT molecular complexity index is 1010. The number of hydrogen-bond acceptors (Lipinski definition) is 6. The molecule has 0 aliphatic carbocycles. The molecule has 2 aromatic heterocycles. The van der Waals surface area contributed by atoms with Gasteiger partial charge < -0.3 is 19.4 Å². The molecule has 30 heavy (non-hydrogen) atoms. The molecule has 1 fully saturated rings. The quantitative estimate of drug-likeness (QED) is 0.768. The van der Waals surface area contributed by atoms with Crippen molar-refractivity contribution in [2.45, 2.75) is 72.0 Å². The molecular weight excluding hydrogens is 388 g/mol. The first-order chi connectivity index (χ1) is 14.0. The van der Waals surface area contributed by atoms with E-state index in [1.54, 1.807) is 30.2 Å². The minimum absolute atomic E-state index is 0.0294. The first-order valence-corrected chi connectivity index (χ1v) is 10.3.